The molecule has 0 saturated carbocycles. The smallest absolute Gasteiger partial charge is 0.291 e. The predicted molar refractivity (Wildman–Crippen MR) is 136 cm³/mol. The van der Waals surface area contributed by atoms with Gasteiger partial charge in [0.1, 0.15) is 22.8 Å². The van der Waals surface area contributed by atoms with Crippen molar-refractivity contribution >= 4 is 34.2 Å². The van der Waals surface area contributed by atoms with Gasteiger partial charge in [0, 0.05) is 37.3 Å². The number of carbonyl (C=O) groups is 2. The molecule has 3 aromatic carbocycles. The fraction of sp³-hybridized carbons (Fsp3) is 0.214. The number of nitrogens with one attached hydrogen (secondary N) is 1. The fourth-order valence-corrected chi connectivity index (χ4v) is 4.26. The van der Waals surface area contributed by atoms with Crippen LogP contribution in [0, 0.1) is 5.82 Å². The maximum Gasteiger partial charge on any atom is 0.291 e. The number of furan rings is 1. The van der Waals surface area contributed by atoms with Gasteiger partial charge in [-0.05, 0) is 55.5 Å². The van der Waals surface area contributed by atoms with Gasteiger partial charge in [-0.15, -0.1) is 0 Å². The highest BCUT2D eigenvalue weighted by Gasteiger charge is 2.30. The third kappa shape index (κ3) is 4.88. The van der Waals surface area contributed by atoms with E-state index in [-0.39, 0.29) is 23.4 Å². The summed E-state index contributed by atoms with van der Waals surface area (Å²) in [5.41, 5.74) is 1.76. The predicted octanol–water partition coefficient (Wildman–Crippen LogP) is 4.94. The van der Waals surface area contributed by atoms with E-state index in [4.69, 9.17) is 9.15 Å². The van der Waals surface area contributed by atoms with Crippen molar-refractivity contribution in [3.8, 4) is 5.75 Å². The van der Waals surface area contributed by atoms with E-state index in [1.165, 1.54) is 12.1 Å². The third-order valence-electron chi connectivity index (χ3n) is 6.22. The number of anilines is 2. The van der Waals surface area contributed by atoms with E-state index < -0.39 is 6.10 Å². The minimum absolute atomic E-state index is 0.0895. The number of nitrogens with zero attached hydrogens (tertiary/aromatic N) is 2. The number of hydrogen-bond acceptors (Lipinski definition) is 5. The third-order valence-corrected chi connectivity index (χ3v) is 6.22. The molecule has 2 amide bonds. The second-order valence-electron chi connectivity index (χ2n) is 8.62. The number of halogens is 1. The first kappa shape index (κ1) is 23.4. The number of para-hydroxylation sites is 2. The molecule has 4 aromatic rings. The van der Waals surface area contributed by atoms with Crippen LogP contribution in [0.3, 0.4) is 0 Å². The van der Waals surface area contributed by atoms with Crippen LogP contribution in [0.2, 0.25) is 0 Å². The lowest BCUT2D eigenvalue weighted by atomic mass is 10.2. The number of rotatable bonds is 6. The Kier molecular flexibility index (Phi) is 6.58. The molecule has 1 fully saturated rings. The molecular formula is C28H26FN3O4. The summed E-state index contributed by atoms with van der Waals surface area (Å²) in [5, 5.41) is 3.51. The quantitative estimate of drug-likeness (QED) is 0.417. The van der Waals surface area contributed by atoms with Gasteiger partial charge >= 0.3 is 0 Å². The maximum atomic E-state index is 13.5. The Morgan fingerprint density at radius 2 is 1.58 bits per heavy atom. The molecule has 1 aromatic heterocycles. The average Bonchev–Trinajstić information content (AvgIpc) is 3.27. The van der Waals surface area contributed by atoms with Crippen molar-refractivity contribution in [3.63, 3.8) is 0 Å². The van der Waals surface area contributed by atoms with Crippen molar-refractivity contribution in [2.45, 2.75) is 13.0 Å². The van der Waals surface area contributed by atoms with Crippen LogP contribution in [-0.4, -0.2) is 49.0 Å². The molecule has 1 N–H and O–H groups in total. The van der Waals surface area contributed by atoms with E-state index in [0.29, 0.717) is 48.6 Å². The largest absolute Gasteiger partial charge is 0.481 e. The molecule has 36 heavy (non-hydrogen) atoms. The van der Waals surface area contributed by atoms with Crippen LogP contribution in [-0.2, 0) is 4.79 Å². The second kappa shape index (κ2) is 10.1. The van der Waals surface area contributed by atoms with Crippen LogP contribution < -0.4 is 15.0 Å². The number of benzene rings is 3. The van der Waals surface area contributed by atoms with E-state index in [1.807, 2.05) is 30.3 Å². The highest BCUT2D eigenvalue weighted by molar-refractivity contribution is 6.11. The zero-order chi connectivity index (χ0) is 25.1. The number of hydrogen-bond donors (Lipinski definition) is 1. The van der Waals surface area contributed by atoms with Gasteiger partial charge in [-0.25, -0.2) is 4.39 Å². The zero-order valence-corrected chi connectivity index (χ0v) is 19.8. The molecule has 7 nitrogen and oxygen atoms in total. The van der Waals surface area contributed by atoms with Crippen molar-refractivity contribution < 1.29 is 23.1 Å². The minimum Gasteiger partial charge on any atom is -0.481 e. The van der Waals surface area contributed by atoms with Crippen LogP contribution >= 0.6 is 0 Å². The van der Waals surface area contributed by atoms with Crippen LogP contribution in [0.1, 0.15) is 17.5 Å². The van der Waals surface area contributed by atoms with Crippen LogP contribution in [0.5, 0.6) is 5.75 Å². The molecule has 2 heterocycles. The summed E-state index contributed by atoms with van der Waals surface area (Å²) < 4.78 is 24.9. The molecule has 1 aliphatic heterocycles. The Morgan fingerprint density at radius 3 is 2.31 bits per heavy atom. The van der Waals surface area contributed by atoms with Gasteiger partial charge in [0.05, 0.1) is 0 Å². The van der Waals surface area contributed by atoms with Crippen molar-refractivity contribution in [3.05, 3.63) is 90.4 Å². The standard InChI is InChI=1S/C28H26FN3O4/c1-19(35-22-7-3-2-4-8-22)27(33)30-25-23-9-5-6-10-24(23)36-26(25)28(34)32-17-15-31(16-18-32)21-13-11-20(29)12-14-21/h2-14,19H,15-18H2,1H3,(H,30,33)/t19-/m1/s1. The summed E-state index contributed by atoms with van der Waals surface area (Å²) in [7, 11) is 0. The van der Waals surface area contributed by atoms with Gasteiger partial charge in [-0.2, -0.15) is 0 Å². The van der Waals surface area contributed by atoms with Gasteiger partial charge in [-0.1, -0.05) is 30.3 Å². The van der Waals surface area contributed by atoms with Gasteiger partial charge in [0.25, 0.3) is 11.8 Å². The normalized spacial score (nSPS) is 14.5. The highest BCUT2D eigenvalue weighted by Crippen LogP contribution is 2.32. The number of carbonyl (C=O) groups excluding carboxylic acids is 2. The van der Waals surface area contributed by atoms with Crippen LogP contribution in [0.4, 0.5) is 15.8 Å². The minimum atomic E-state index is -0.789. The zero-order valence-electron chi connectivity index (χ0n) is 19.8. The molecule has 0 bridgehead atoms. The van der Waals surface area contributed by atoms with Crippen LogP contribution in [0.15, 0.2) is 83.3 Å². The monoisotopic (exact) mass is 487 g/mol. The highest BCUT2D eigenvalue weighted by atomic mass is 19.1. The number of amides is 2. The first-order valence-electron chi connectivity index (χ1n) is 11.8. The summed E-state index contributed by atoms with van der Waals surface area (Å²) in [5.74, 6) is -0.299. The number of fused-ring (bicyclic) bond motifs is 1. The van der Waals surface area contributed by atoms with E-state index in [9.17, 15) is 14.0 Å². The molecule has 1 saturated heterocycles. The Bertz CT molecular complexity index is 1360. The Hall–Kier alpha value is -4.33. The van der Waals surface area contributed by atoms with E-state index >= 15 is 0 Å². The fourth-order valence-electron chi connectivity index (χ4n) is 4.26. The lowest BCUT2D eigenvalue weighted by Crippen LogP contribution is -2.48. The van der Waals surface area contributed by atoms with Gasteiger partial charge in [-0.3, -0.25) is 9.59 Å². The second-order valence-corrected chi connectivity index (χ2v) is 8.62. The molecule has 184 valence electrons. The Morgan fingerprint density at radius 1 is 0.917 bits per heavy atom. The summed E-state index contributed by atoms with van der Waals surface area (Å²) in [4.78, 5) is 30.3. The lowest BCUT2D eigenvalue weighted by molar-refractivity contribution is -0.122. The van der Waals surface area contributed by atoms with E-state index in [1.54, 1.807) is 48.2 Å². The average molecular weight is 488 g/mol. The Balaban J connectivity index is 1.33. The van der Waals surface area contributed by atoms with Gasteiger partial charge < -0.3 is 24.3 Å². The Labute approximate surface area is 208 Å². The molecule has 0 spiro atoms. The first-order valence-corrected chi connectivity index (χ1v) is 11.8. The molecule has 5 rings (SSSR count). The number of piperazine rings is 1. The van der Waals surface area contributed by atoms with Crippen molar-refractivity contribution in [1.82, 2.24) is 4.90 Å². The molecule has 0 radical (unpaired) electrons. The molecule has 1 aliphatic rings. The van der Waals surface area contributed by atoms with Crippen LogP contribution in [0.25, 0.3) is 11.0 Å². The summed E-state index contributed by atoms with van der Waals surface area (Å²) in [6, 6.07) is 22.6. The topological polar surface area (TPSA) is 75.0 Å². The summed E-state index contributed by atoms with van der Waals surface area (Å²) >= 11 is 0. The maximum absolute atomic E-state index is 13.5. The van der Waals surface area contributed by atoms with Gasteiger partial charge in [0.15, 0.2) is 6.10 Å². The lowest BCUT2D eigenvalue weighted by Gasteiger charge is -2.35. The number of ether oxygens (including phenoxy) is 1. The first-order chi connectivity index (χ1) is 17.5. The molecular weight excluding hydrogens is 461 g/mol. The summed E-state index contributed by atoms with van der Waals surface area (Å²) in [6.07, 6.45) is -0.789. The molecule has 8 heteroatoms. The molecule has 0 unspecified atom stereocenters. The van der Waals surface area contributed by atoms with Crippen molar-refractivity contribution in [2.24, 2.45) is 0 Å². The van der Waals surface area contributed by atoms with E-state index in [0.717, 1.165) is 5.69 Å². The van der Waals surface area contributed by atoms with E-state index in [2.05, 4.69) is 10.2 Å². The molecule has 1 atom stereocenters. The summed E-state index contributed by atoms with van der Waals surface area (Å²) in [6.45, 7) is 3.78. The molecule has 0 aliphatic carbocycles. The van der Waals surface area contributed by atoms with Gasteiger partial charge in [0.2, 0.25) is 5.76 Å². The van der Waals surface area contributed by atoms with Crippen molar-refractivity contribution in [1.29, 1.82) is 0 Å². The van der Waals surface area contributed by atoms with Crippen molar-refractivity contribution in [2.75, 3.05) is 36.4 Å². The SMILES string of the molecule is C[C@@H](Oc1ccccc1)C(=O)Nc1c(C(=O)N2CCN(c3ccc(F)cc3)CC2)oc2ccccc12.